The minimum absolute atomic E-state index is 0.131. The first-order valence-corrected chi connectivity index (χ1v) is 12.9. The quantitative estimate of drug-likeness (QED) is 0.466. The van der Waals surface area contributed by atoms with E-state index < -0.39 is 10.0 Å². The lowest BCUT2D eigenvalue weighted by molar-refractivity contribution is -0.120. The van der Waals surface area contributed by atoms with Crippen molar-refractivity contribution in [2.75, 3.05) is 31.3 Å². The molecule has 2 heterocycles. The maximum atomic E-state index is 12.8. The average Bonchev–Trinajstić information content (AvgIpc) is 3.19. The van der Waals surface area contributed by atoms with Gasteiger partial charge in [-0.1, -0.05) is 36.9 Å². The van der Waals surface area contributed by atoms with E-state index in [0.29, 0.717) is 42.7 Å². The summed E-state index contributed by atoms with van der Waals surface area (Å²) in [5, 5.41) is 11.4. The summed E-state index contributed by atoms with van der Waals surface area (Å²) in [6.07, 6.45) is 0.934. The number of benzene rings is 1. The van der Waals surface area contributed by atoms with Gasteiger partial charge in [0.2, 0.25) is 21.1 Å². The summed E-state index contributed by atoms with van der Waals surface area (Å²) in [6, 6.07) is 6.33. The summed E-state index contributed by atoms with van der Waals surface area (Å²) in [6.45, 7) is 4.88. The topological polar surface area (TPSA) is 101 Å². The van der Waals surface area contributed by atoms with Crippen molar-refractivity contribution in [1.82, 2.24) is 14.5 Å². The van der Waals surface area contributed by atoms with Crippen LogP contribution in [0, 0.1) is 11.8 Å². The number of hydrogen-bond donors (Lipinski definition) is 1. The van der Waals surface area contributed by atoms with E-state index in [-0.39, 0.29) is 16.7 Å². The number of anilines is 1. The largest absolute Gasteiger partial charge is 0.497 e. The molecule has 1 aliphatic rings. The number of rotatable bonds is 8. The number of nitrogens with one attached hydrogen (secondary N) is 1. The Bertz CT molecular complexity index is 952. The van der Waals surface area contributed by atoms with E-state index in [1.807, 2.05) is 0 Å². The third-order valence-electron chi connectivity index (χ3n) is 4.70. The molecule has 0 radical (unpaired) electrons. The molecule has 1 N–H and O–H groups in total. The summed E-state index contributed by atoms with van der Waals surface area (Å²) in [7, 11) is -2.05. The zero-order valence-electron chi connectivity index (χ0n) is 17.2. The lowest BCUT2D eigenvalue weighted by Gasteiger charge is -2.30. The highest BCUT2D eigenvalue weighted by atomic mass is 32.2. The molecule has 1 amide bonds. The number of thioether (sulfide) groups is 1. The van der Waals surface area contributed by atoms with E-state index in [2.05, 4.69) is 29.4 Å². The number of nitrogens with zero attached hydrogens (tertiary/aromatic N) is 3. The summed E-state index contributed by atoms with van der Waals surface area (Å²) in [5.41, 5.74) is 0. The van der Waals surface area contributed by atoms with Crippen LogP contribution >= 0.6 is 23.1 Å². The first-order chi connectivity index (χ1) is 14.3. The fraction of sp³-hybridized carbons (Fsp3) is 0.526. The zero-order chi connectivity index (χ0) is 21.7. The fourth-order valence-corrected chi connectivity index (χ4v) is 6.22. The van der Waals surface area contributed by atoms with Gasteiger partial charge in [-0.25, -0.2) is 8.42 Å². The van der Waals surface area contributed by atoms with Crippen LogP contribution in [0.25, 0.3) is 0 Å². The van der Waals surface area contributed by atoms with E-state index in [4.69, 9.17) is 4.74 Å². The molecule has 2 aromatic rings. The monoisotopic (exact) mass is 470 g/mol. The molecule has 1 aliphatic heterocycles. The highest BCUT2D eigenvalue weighted by molar-refractivity contribution is 8.01. The van der Waals surface area contributed by atoms with Gasteiger partial charge in [0.1, 0.15) is 5.75 Å². The minimum Gasteiger partial charge on any atom is -0.497 e. The Labute approximate surface area is 185 Å². The highest BCUT2D eigenvalue weighted by Gasteiger charge is 2.32. The molecule has 11 heteroatoms. The maximum Gasteiger partial charge on any atom is 0.243 e. The Kier molecular flexibility index (Phi) is 7.72. The Morgan fingerprint density at radius 2 is 1.93 bits per heavy atom. The van der Waals surface area contributed by atoms with Crippen LogP contribution in [0.1, 0.15) is 26.7 Å². The van der Waals surface area contributed by atoms with Crippen LogP contribution in [0.5, 0.6) is 5.75 Å². The Hall–Kier alpha value is -1.69. The van der Waals surface area contributed by atoms with E-state index in [1.54, 1.807) is 23.9 Å². The van der Waals surface area contributed by atoms with Gasteiger partial charge >= 0.3 is 0 Å². The van der Waals surface area contributed by atoms with E-state index in [1.165, 1.54) is 34.9 Å². The van der Waals surface area contributed by atoms with Gasteiger partial charge in [-0.3, -0.25) is 4.79 Å². The third-order valence-corrected chi connectivity index (χ3v) is 9.01. The lowest BCUT2D eigenvalue weighted by Crippen LogP contribution is -2.41. The number of aromatic nitrogens is 2. The average molecular weight is 471 g/mol. The number of piperidine rings is 1. The minimum atomic E-state index is -3.58. The zero-order valence-corrected chi connectivity index (χ0v) is 19.6. The van der Waals surface area contributed by atoms with Crippen molar-refractivity contribution in [3.8, 4) is 5.75 Å². The molecule has 3 rings (SSSR count). The smallest absolute Gasteiger partial charge is 0.243 e. The molecular formula is C19H26N4O4S3. The molecule has 8 nitrogen and oxygen atoms in total. The van der Waals surface area contributed by atoms with Gasteiger partial charge in [-0.2, -0.15) is 4.31 Å². The van der Waals surface area contributed by atoms with Crippen molar-refractivity contribution in [2.24, 2.45) is 11.8 Å². The Morgan fingerprint density at radius 3 is 2.53 bits per heavy atom. The van der Waals surface area contributed by atoms with Crippen LogP contribution in [0.2, 0.25) is 0 Å². The molecule has 0 atom stereocenters. The standard InChI is InChI=1S/C19H26N4O4S3/c1-13(2)12-28-19-22-21-18(29-19)20-17(24)14-8-10-23(11-9-14)30(25,26)16-6-4-15(27-3)5-7-16/h4-7,13-14H,8-12H2,1-3H3,(H,20,21,24). The van der Waals surface area contributed by atoms with Crippen molar-refractivity contribution in [2.45, 2.75) is 35.9 Å². The number of carbonyl (C=O) groups excluding carboxylic acids is 1. The molecule has 164 valence electrons. The van der Waals surface area contributed by atoms with E-state index in [0.717, 1.165) is 10.1 Å². The van der Waals surface area contributed by atoms with Gasteiger partial charge < -0.3 is 10.1 Å². The third kappa shape index (κ3) is 5.71. The molecule has 0 aliphatic carbocycles. The van der Waals surface area contributed by atoms with Crippen LogP contribution in [-0.4, -0.2) is 54.8 Å². The molecule has 0 unspecified atom stereocenters. The Morgan fingerprint density at radius 1 is 1.27 bits per heavy atom. The number of ether oxygens (including phenoxy) is 1. The van der Waals surface area contributed by atoms with Crippen LogP contribution in [0.15, 0.2) is 33.5 Å². The van der Waals surface area contributed by atoms with E-state index >= 15 is 0 Å². The van der Waals surface area contributed by atoms with E-state index in [9.17, 15) is 13.2 Å². The number of amides is 1. The van der Waals surface area contributed by atoms with Crippen LogP contribution in [0.3, 0.4) is 0 Å². The van der Waals surface area contributed by atoms with Gasteiger partial charge in [0.25, 0.3) is 0 Å². The first-order valence-electron chi connectivity index (χ1n) is 9.71. The molecule has 0 bridgehead atoms. The predicted molar refractivity (Wildman–Crippen MR) is 119 cm³/mol. The lowest BCUT2D eigenvalue weighted by atomic mass is 9.97. The molecule has 30 heavy (non-hydrogen) atoms. The predicted octanol–water partition coefficient (Wildman–Crippen LogP) is 3.33. The number of carbonyl (C=O) groups is 1. The van der Waals surface area contributed by atoms with Crippen LogP contribution in [0.4, 0.5) is 5.13 Å². The second kappa shape index (κ2) is 10.1. The van der Waals surface area contributed by atoms with Crippen molar-refractivity contribution >= 4 is 44.2 Å². The van der Waals surface area contributed by atoms with Crippen molar-refractivity contribution in [3.63, 3.8) is 0 Å². The van der Waals surface area contributed by atoms with Gasteiger partial charge in [-0.15, -0.1) is 10.2 Å². The number of sulfonamides is 1. The fourth-order valence-electron chi connectivity index (χ4n) is 3.02. The summed E-state index contributed by atoms with van der Waals surface area (Å²) < 4.78 is 33.0. The Balaban J connectivity index is 1.53. The summed E-state index contributed by atoms with van der Waals surface area (Å²) in [5.74, 6) is 1.73. The molecule has 1 aromatic carbocycles. The summed E-state index contributed by atoms with van der Waals surface area (Å²) >= 11 is 2.99. The second-order valence-corrected chi connectivity index (χ2v) is 11.6. The number of hydrogen-bond acceptors (Lipinski definition) is 8. The highest BCUT2D eigenvalue weighted by Crippen LogP contribution is 2.29. The van der Waals surface area contributed by atoms with Crippen LogP contribution < -0.4 is 10.1 Å². The first kappa shape index (κ1) is 23.0. The van der Waals surface area contributed by atoms with Crippen molar-refractivity contribution < 1.29 is 17.9 Å². The summed E-state index contributed by atoms with van der Waals surface area (Å²) in [4.78, 5) is 12.8. The van der Waals surface area contributed by atoms with Crippen molar-refractivity contribution in [3.05, 3.63) is 24.3 Å². The number of methoxy groups -OCH3 is 1. The van der Waals surface area contributed by atoms with Crippen molar-refractivity contribution in [1.29, 1.82) is 0 Å². The molecule has 1 fully saturated rings. The second-order valence-electron chi connectivity index (χ2n) is 7.42. The van der Waals surface area contributed by atoms with Gasteiger partial charge in [-0.05, 0) is 43.0 Å². The molecule has 0 saturated carbocycles. The molecule has 0 spiro atoms. The SMILES string of the molecule is COc1ccc(S(=O)(=O)N2CCC(C(=O)Nc3nnc(SCC(C)C)s3)CC2)cc1. The maximum absolute atomic E-state index is 12.8. The normalized spacial score (nSPS) is 16.0. The van der Waals surface area contributed by atoms with Gasteiger partial charge in [0.15, 0.2) is 4.34 Å². The van der Waals surface area contributed by atoms with Crippen LogP contribution in [-0.2, 0) is 14.8 Å². The van der Waals surface area contributed by atoms with Gasteiger partial charge in [0.05, 0.1) is 12.0 Å². The van der Waals surface area contributed by atoms with Gasteiger partial charge in [0, 0.05) is 24.8 Å². The molecule has 1 aromatic heterocycles. The molecule has 1 saturated heterocycles. The molecular weight excluding hydrogens is 444 g/mol.